The maximum Gasteiger partial charge on any atom is 0.0983 e. The van der Waals surface area contributed by atoms with Crippen molar-refractivity contribution < 1.29 is 9.80 Å². The third-order valence-electron chi connectivity index (χ3n) is 6.21. The van der Waals surface area contributed by atoms with Gasteiger partial charge >= 0.3 is 0 Å². The monoisotopic (exact) mass is 266 g/mol. The van der Waals surface area contributed by atoms with Crippen LogP contribution in [0.25, 0.3) is 0 Å². The molecule has 110 valence electrons. The van der Waals surface area contributed by atoms with Gasteiger partial charge in [0.05, 0.1) is 38.3 Å². The second kappa shape index (κ2) is 6.58. The molecule has 0 bridgehead atoms. The van der Waals surface area contributed by atoms with Gasteiger partial charge < -0.3 is 9.80 Å². The highest BCUT2D eigenvalue weighted by Crippen LogP contribution is 2.22. The van der Waals surface area contributed by atoms with Crippen LogP contribution in [0.15, 0.2) is 0 Å². The van der Waals surface area contributed by atoms with E-state index in [4.69, 9.17) is 0 Å². The second-order valence-corrected chi connectivity index (χ2v) is 7.62. The van der Waals surface area contributed by atoms with Crippen LogP contribution in [-0.4, -0.2) is 38.3 Å². The molecule has 0 aromatic carbocycles. The van der Waals surface area contributed by atoms with Crippen molar-refractivity contribution >= 4 is 0 Å². The molecule has 3 rings (SSSR count). The zero-order valence-electron chi connectivity index (χ0n) is 12.9. The Morgan fingerprint density at radius 2 is 1.32 bits per heavy atom. The third kappa shape index (κ3) is 3.52. The highest BCUT2D eigenvalue weighted by molar-refractivity contribution is 4.71. The third-order valence-corrected chi connectivity index (χ3v) is 6.21. The minimum absolute atomic E-state index is 0.997. The van der Waals surface area contributed by atoms with Crippen molar-refractivity contribution in [2.45, 2.75) is 76.8 Å². The van der Waals surface area contributed by atoms with Crippen LogP contribution in [0, 0.1) is 5.92 Å². The molecule has 3 fully saturated rings. The number of rotatable bonds is 2. The van der Waals surface area contributed by atoms with Gasteiger partial charge in [-0.15, -0.1) is 0 Å². The molecule has 2 heterocycles. The largest absolute Gasteiger partial charge is 0.332 e. The Balaban J connectivity index is 1.46. The van der Waals surface area contributed by atoms with Crippen LogP contribution in [0.3, 0.4) is 0 Å². The molecular formula is C17H34N2+2. The number of hydrogen-bond donors (Lipinski definition) is 2. The van der Waals surface area contributed by atoms with Crippen molar-refractivity contribution in [1.29, 1.82) is 0 Å². The van der Waals surface area contributed by atoms with E-state index in [1.807, 2.05) is 9.80 Å². The fourth-order valence-corrected chi connectivity index (χ4v) is 5.02. The van der Waals surface area contributed by atoms with E-state index < -0.39 is 0 Å². The molecule has 2 aliphatic heterocycles. The minimum atomic E-state index is 0.997. The van der Waals surface area contributed by atoms with Crippen LogP contribution in [0.2, 0.25) is 0 Å². The van der Waals surface area contributed by atoms with E-state index in [1.165, 1.54) is 84.0 Å². The summed E-state index contributed by atoms with van der Waals surface area (Å²) in [5.41, 5.74) is 0. The molecule has 3 aliphatic rings. The average molecular weight is 266 g/mol. The number of likely N-dealkylation sites (tertiary alicyclic amines) is 2. The molecule has 2 N–H and O–H groups in total. The molecule has 2 nitrogen and oxygen atoms in total. The molecule has 0 aromatic heterocycles. The van der Waals surface area contributed by atoms with Crippen molar-refractivity contribution in [1.82, 2.24) is 0 Å². The van der Waals surface area contributed by atoms with Gasteiger partial charge in [-0.25, -0.2) is 0 Å². The maximum atomic E-state index is 2.47. The SMILES string of the molecule is C[C@@H]1CCC[C@H]([NH+]2CCC([NH+]3CCCCC3)CC2)C1. The average Bonchev–Trinajstić information content (AvgIpc) is 2.48. The molecular weight excluding hydrogens is 232 g/mol. The van der Waals surface area contributed by atoms with E-state index in [0.717, 1.165) is 18.0 Å². The van der Waals surface area contributed by atoms with Gasteiger partial charge in [-0.05, 0) is 38.0 Å². The number of hydrogen-bond acceptors (Lipinski definition) is 0. The van der Waals surface area contributed by atoms with Gasteiger partial charge in [-0.3, -0.25) is 0 Å². The Hall–Kier alpha value is -0.0800. The van der Waals surface area contributed by atoms with Crippen LogP contribution in [0.4, 0.5) is 0 Å². The number of quaternary nitrogens is 2. The Morgan fingerprint density at radius 1 is 0.632 bits per heavy atom. The summed E-state index contributed by atoms with van der Waals surface area (Å²) in [6, 6.07) is 2.03. The molecule has 0 unspecified atom stereocenters. The Morgan fingerprint density at radius 3 is 2.00 bits per heavy atom. The van der Waals surface area contributed by atoms with Gasteiger partial charge in [-0.1, -0.05) is 13.3 Å². The molecule has 1 aliphatic carbocycles. The predicted molar refractivity (Wildman–Crippen MR) is 79.7 cm³/mol. The van der Waals surface area contributed by atoms with Crippen molar-refractivity contribution in [3.8, 4) is 0 Å². The lowest BCUT2D eigenvalue weighted by atomic mass is 9.85. The lowest BCUT2D eigenvalue weighted by Crippen LogP contribution is -3.22. The topological polar surface area (TPSA) is 8.88 Å². The van der Waals surface area contributed by atoms with Gasteiger partial charge in [0.15, 0.2) is 0 Å². The van der Waals surface area contributed by atoms with E-state index in [1.54, 1.807) is 0 Å². The van der Waals surface area contributed by atoms with Crippen molar-refractivity contribution in [3.05, 3.63) is 0 Å². The maximum absolute atomic E-state index is 2.47. The summed E-state index contributed by atoms with van der Waals surface area (Å²) in [6.45, 7) is 8.37. The van der Waals surface area contributed by atoms with Gasteiger partial charge in [-0.2, -0.15) is 0 Å². The highest BCUT2D eigenvalue weighted by atomic mass is 15.2. The number of nitrogens with one attached hydrogen (secondary N) is 2. The summed E-state index contributed by atoms with van der Waals surface area (Å²) >= 11 is 0. The Kier molecular flexibility index (Phi) is 4.81. The van der Waals surface area contributed by atoms with Crippen LogP contribution in [0.5, 0.6) is 0 Å². The summed E-state index contributed by atoms with van der Waals surface area (Å²) in [5, 5.41) is 0. The predicted octanol–water partition coefficient (Wildman–Crippen LogP) is 0.681. The Labute approximate surface area is 119 Å². The molecule has 0 spiro atoms. The van der Waals surface area contributed by atoms with Crippen LogP contribution < -0.4 is 9.80 Å². The van der Waals surface area contributed by atoms with Crippen LogP contribution in [-0.2, 0) is 0 Å². The summed E-state index contributed by atoms with van der Waals surface area (Å²) in [6.07, 6.45) is 13.5. The van der Waals surface area contributed by atoms with Crippen LogP contribution >= 0.6 is 0 Å². The minimum Gasteiger partial charge on any atom is -0.332 e. The standard InChI is InChI=1S/C17H32N2/c1-15-6-5-7-17(14-15)19-12-8-16(9-13-19)18-10-3-2-4-11-18/h15-17H,2-14H2,1H3/p+2/t15-,17+/m1/s1. The molecule has 1 saturated carbocycles. The smallest absolute Gasteiger partial charge is 0.0983 e. The van der Waals surface area contributed by atoms with Crippen LogP contribution in [0.1, 0.15) is 64.7 Å². The molecule has 2 heteroatoms. The van der Waals surface area contributed by atoms with Gasteiger partial charge in [0.1, 0.15) is 0 Å². The summed E-state index contributed by atoms with van der Waals surface area (Å²) < 4.78 is 0. The normalized spacial score (nSPS) is 42.2. The first-order valence-corrected chi connectivity index (χ1v) is 9.02. The molecule has 2 saturated heterocycles. The lowest BCUT2D eigenvalue weighted by molar-refractivity contribution is -0.971. The van der Waals surface area contributed by atoms with E-state index in [9.17, 15) is 0 Å². The van der Waals surface area contributed by atoms with Gasteiger partial charge in [0, 0.05) is 19.3 Å². The highest BCUT2D eigenvalue weighted by Gasteiger charge is 2.35. The molecule has 19 heavy (non-hydrogen) atoms. The fourth-order valence-electron chi connectivity index (χ4n) is 5.02. The van der Waals surface area contributed by atoms with E-state index in [0.29, 0.717) is 0 Å². The molecule has 0 amide bonds. The first kappa shape index (κ1) is 13.9. The summed E-state index contributed by atoms with van der Waals surface area (Å²) in [7, 11) is 0. The molecule has 2 atom stereocenters. The van der Waals surface area contributed by atoms with Gasteiger partial charge in [0.2, 0.25) is 0 Å². The first-order chi connectivity index (χ1) is 9.33. The molecule has 0 aromatic rings. The van der Waals surface area contributed by atoms with Crippen molar-refractivity contribution in [2.75, 3.05) is 26.2 Å². The fraction of sp³-hybridized carbons (Fsp3) is 1.00. The first-order valence-electron chi connectivity index (χ1n) is 9.02. The van der Waals surface area contributed by atoms with E-state index in [2.05, 4.69) is 6.92 Å². The molecule has 0 radical (unpaired) electrons. The quantitative estimate of drug-likeness (QED) is 0.727. The lowest BCUT2D eigenvalue weighted by Gasteiger charge is -2.40. The Bertz CT molecular complexity index is 264. The zero-order chi connectivity index (χ0) is 13.1. The number of piperidine rings is 2. The van der Waals surface area contributed by atoms with Gasteiger partial charge in [0.25, 0.3) is 0 Å². The summed E-state index contributed by atoms with van der Waals surface area (Å²) in [5.74, 6) is 0.997. The van der Waals surface area contributed by atoms with Crippen molar-refractivity contribution in [3.63, 3.8) is 0 Å². The van der Waals surface area contributed by atoms with E-state index in [-0.39, 0.29) is 0 Å². The zero-order valence-corrected chi connectivity index (χ0v) is 12.9. The van der Waals surface area contributed by atoms with Crippen molar-refractivity contribution in [2.24, 2.45) is 5.92 Å². The second-order valence-electron chi connectivity index (χ2n) is 7.62. The summed E-state index contributed by atoms with van der Waals surface area (Å²) in [4.78, 5) is 3.93. The van der Waals surface area contributed by atoms with E-state index >= 15 is 0 Å².